The molecule has 0 aromatic heterocycles. The fraction of sp³-hybridized carbons (Fsp3) is 0.118. The molecule has 0 unspecified atom stereocenters. The summed E-state index contributed by atoms with van der Waals surface area (Å²) in [7, 11) is 3.06. The van der Waals surface area contributed by atoms with Crippen LogP contribution in [-0.4, -0.2) is 20.0 Å². The number of ether oxygens (including phenoxy) is 2. The average molecular weight is 337 g/mol. The lowest BCUT2D eigenvalue weighted by molar-refractivity contribution is 0.104. The van der Waals surface area contributed by atoms with Crippen LogP contribution in [0.2, 0.25) is 10.0 Å². The summed E-state index contributed by atoms with van der Waals surface area (Å²) in [5.41, 5.74) is 1.21. The van der Waals surface area contributed by atoms with Crippen LogP contribution in [0.4, 0.5) is 0 Å². The first kappa shape index (κ1) is 16.4. The van der Waals surface area contributed by atoms with Gasteiger partial charge in [-0.3, -0.25) is 4.79 Å². The first-order chi connectivity index (χ1) is 10.5. The van der Waals surface area contributed by atoms with Crippen LogP contribution in [0.3, 0.4) is 0 Å². The van der Waals surface area contributed by atoms with Crippen molar-refractivity contribution < 1.29 is 14.3 Å². The number of methoxy groups -OCH3 is 2. The molecule has 0 fully saturated rings. The van der Waals surface area contributed by atoms with Crippen molar-refractivity contribution in [1.82, 2.24) is 0 Å². The Morgan fingerprint density at radius 1 is 1.00 bits per heavy atom. The molecular weight excluding hydrogens is 323 g/mol. The molecular formula is C17H14Cl2O3. The van der Waals surface area contributed by atoms with Gasteiger partial charge >= 0.3 is 0 Å². The van der Waals surface area contributed by atoms with E-state index in [1.807, 2.05) is 0 Å². The summed E-state index contributed by atoms with van der Waals surface area (Å²) in [5.74, 6) is 0.887. The van der Waals surface area contributed by atoms with Crippen molar-refractivity contribution in [2.24, 2.45) is 0 Å². The molecule has 2 aromatic rings. The van der Waals surface area contributed by atoms with Crippen LogP contribution in [-0.2, 0) is 0 Å². The summed E-state index contributed by atoms with van der Waals surface area (Å²) < 4.78 is 10.3. The fourth-order valence-corrected chi connectivity index (χ4v) is 2.19. The third-order valence-corrected chi connectivity index (χ3v) is 3.78. The minimum atomic E-state index is -0.193. The van der Waals surface area contributed by atoms with Crippen molar-refractivity contribution in [1.29, 1.82) is 0 Å². The first-order valence-corrected chi connectivity index (χ1v) is 7.20. The van der Waals surface area contributed by atoms with Crippen molar-refractivity contribution in [2.45, 2.75) is 0 Å². The van der Waals surface area contributed by atoms with E-state index in [0.717, 1.165) is 5.56 Å². The van der Waals surface area contributed by atoms with Crippen LogP contribution in [0.25, 0.3) is 6.08 Å². The minimum Gasteiger partial charge on any atom is -0.497 e. The van der Waals surface area contributed by atoms with Gasteiger partial charge in [0.1, 0.15) is 11.5 Å². The largest absolute Gasteiger partial charge is 0.497 e. The molecule has 2 rings (SSSR count). The molecule has 0 aliphatic rings. The number of rotatable bonds is 5. The van der Waals surface area contributed by atoms with Gasteiger partial charge in [0.05, 0.1) is 29.8 Å². The van der Waals surface area contributed by atoms with Gasteiger partial charge < -0.3 is 9.47 Å². The monoisotopic (exact) mass is 336 g/mol. The maximum absolute atomic E-state index is 12.3. The second-order valence-corrected chi connectivity index (χ2v) is 5.25. The van der Waals surface area contributed by atoms with Gasteiger partial charge in [0.15, 0.2) is 5.78 Å². The molecule has 5 heteroatoms. The molecule has 0 bridgehead atoms. The predicted octanol–water partition coefficient (Wildman–Crippen LogP) is 4.91. The number of halogens is 2. The van der Waals surface area contributed by atoms with Gasteiger partial charge in [-0.2, -0.15) is 0 Å². The highest BCUT2D eigenvalue weighted by molar-refractivity contribution is 6.42. The molecule has 0 atom stereocenters. The Morgan fingerprint density at radius 2 is 1.77 bits per heavy atom. The van der Waals surface area contributed by atoms with Crippen molar-refractivity contribution in [3.63, 3.8) is 0 Å². The van der Waals surface area contributed by atoms with E-state index in [9.17, 15) is 4.79 Å². The predicted molar refractivity (Wildman–Crippen MR) is 89.4 cm³/mol. The smallest absolute Gasteiger partial charge is 0.189 e. The first-order valence-electron chi connectivity index (χ1n) is 6.44. The average Bonchev–Trinajstić information content (AvgIpc) is 2.55. The lowest BCUT2D eigenvalue weighted by atomic mass is 10.1. The number of carbonyl (C=O) groups excluding carboxylic acids is 1. The van der Waals surface area contributed by atoms with Gasteiger partial charge in [-0.25, -0.2) is 0 Å². The normalized spacial score (nSPS) is 10.7. The standard InChI is InChI=1S/C17H14Cl2O3/c1-21-12-5-8-17(22-2)13(10-12)16(20)7-4-11-3-6-14(18)15(19)9-11/h3-10H,1-2H3/b7-4+. The van der Waals surface area contributed by atoms with E-state index in [0.29, 0.717) is 27.1 Å². The van der Waals surface area contributed by atoms with E-state index in [1.54, 1.807) is 49.6 Å². The Kier molecular flexibility index (Phi) is 5.47. The Bertz CT molecular complexity index is 724. The number of allylic oxidation sites excluding steroid dienone is 1. The quantitative estimate of drug-likeness (QED) is 0.575. The number of benzene rings is 2. The summed E-state index contributed by atoms with van der Waals surface area (Å²) >= 11 is 11.8. The maximum Gasteiger partial charge on any atom is 0.189 e. The summed E-state index contributed by atoms with van der Waals surface area (Å²) in [5, 5.41) is 0.912. The lowest BCUT2D eigenvalue weighted by Crippen LogP contribution is -1.99. The number of ketones is 1. The van der Waals surface area contributed by atoms with E-state index in [1.165, 1.54) is 13.2 Å². The highest BCUT2D eigenvalue weighted by Gasteiger charge is 2.11. The molecule has 114 valence electrons. The van der Waals surface area contributed by atoms with Gasteiger partial charge in [-0.1, -0.05) is 35.3 Å². The summed E-state index contributed by atoms with van der Waals surface area (Å²) in [6.45, 7) is 0. The Hall–Kier alpha value is -1.97. The molecule has 0 N–H and O–H groups in total. The third kappa shape index (κ3) is 3.81. The SMILES string of the molecule is COc1ccc(OC)c(C(=O)/C=C/c2ccc(Cl)c(Cl)c2)c1. The highest BCUT2D eigenvalue weighted by Crippen LogP contribution is 2.26. The van der Waals surface area contributed by atoms with Gasteiger partial charge in [-0.15, -0.1) is 0 Å². The molecule has 0 aliphatic heterocycles. The van der Waals surface area contributed by atoms with Crippen LogP contribution in [0, 0.1) is 0 Å². The minimum absolute atomic E-state index is 0.193. The Morgan fingerprint density at radius 3 is 2.41 bits per heavy atom. The molecule has 0 amide bonds. The zero-order valence-electron chi connectivity index (χ0n) is 12.1. The van der Waals surface area contributed by atoms with E-state index in [2.05, 4.69) is 0 Å². The number of hydrogen-bond donors (Lipinski definition) is 0. The molecule has 0 heterocycles. The molecule has 0 spiro atoms. The molecule has 3 nitrogen and oxygen atoms in total. The van der Waals surface area contributed by atoms with Gasteiger partial charge in [-0.05, 0) is 42.0 Å². The molecule has 0 saturated carbocycles. The molecule has 22 heavy (non-hydrogen) atoms. The molecule has 2 aromatic carbocycles. The van der Waals surface area contributed by atoms with E-state index in [4.69, 9.17) is 32.7 Å². The molecule has 0 aliphatic carbocycles. The van der Waals surface area contributed by atoms with Gasteiger partial charge in [0.25, 0.3) is 0 Å². The Labute approximate surface area is 139 Å². The molecule has 0 radical (unpaired) electrons. The van der Waals surface area contributed by atoms with Crippen LogP contribution in [0.1, 0.15) is 15.9 Å². The van der Waals surface area contributed by atoms with Gasteiger partial charge in [0.2, 0.25) is 0 Å². The topological polar surface area (TPSA) is 35.5 Å². The summed E-state index contributed by atoms with van der Waals surface area (Å²) in [6.07, 6.45) is 3.13. The van der Waals surface area contributed by atoms with Crippen molar-refractivity contribution in [3.8, 4) is 11.5 Å². The highest BCUT2D eigenvalue weighted by atomic mass is 35.5. The zero-order valence-corrected chi connectivity index (χ0v) is 13.6. The fourth-order valence-electron chi connectivity index (χ4n) is 1.88. The van der Waals surface area contributed by atoms with Gasteiger partial charge in [0, 0.05) is 0 Å². The van der Waals surface area contributed by atoms with Crippen molar-refractivity contribution in [3.05, 3.63) is 63.6 Å². The lowest BCUT2D eigenvalue weighted by Gasteiger charge is -2.07. The molecule has 0 saturated heterocycles. The van der Waals surface area contributed by atoms with Crippen LogP contribution in [0.5, 0.6) is 11.5 Å². The third-order valence-electron chi connectivity index (χ3n) is 3.04. The van der Waals surface area contributed by atoms with Crippen molar-refractivity contribution >= 4 is 35.1 Å². The number of carbonyl (C=O) groups is 1. The van der Waals surface area contributed by atoms with Crippen LogP contribution >= 0.6 is 23.2 Å². The second-order valence-electron chi connectivity index (χ2n) is 4.44. The Balaban J connectivity index is 2.28. The zero-order chi connectivity index (χ0) is 16.1. The van der Waals surface area contributed by atoms with Crippen molar-refractivity contribution in [2.75, 3.05) is 14.2 Å². The van der Waals surface area contributed by atoms with Crippen LogP contribution in [0.15, 0.2) is 42.5 Å². The number of hydrogen-bond acceptors (Lipinski definition) is 3. The summed E-state index contributed by atoms with van der Waals surface area (Å²) in [4.78, 5) is 12.3. The second kappa shape index (κ2) is 7.34. The summed E-state index contributed by atoms with van der Waals surface area (Å²) in [6, 6.07) is 10.2. The van der Waals surface area contributed by atoms with E-state index < -0.39 is 0 Å². The van der Waals surface area contributed by atoms with Crippen LogP contribution < -0.4 is 9.47 Å². The maximum atomic E-state index is 12.3. The van der Waals surface area contributed by atoms with E-state index in [-0.39, 0.29) is 5.78 Å². The van der Waals surface area contributed by atoms with E-state index >= 15 is 0 Å².